The first kappa shape index (κ1) is 12.0. The number of pyridine rings is 1. The molecule has 0 fully saturated rings. The Morgan fingerprint density at radius 1 is 1.44 bits per heavy atom. The molecule has 2 aromatic rings. The van der Waals surface area contributed by atoms with Gasteiger partial charge in [-0.2, -0.15) is 5.10 Å². The maximum Gasteiger partial charge on any atom is 0.313 e. The van der Waals surface area contributed by atoms with Crippen LogP contribution in [-0.4, -0.2) is 19.7 Å². The van der Waals surface area contributed by atoms with Crippen LogP contribution in [0.1, 0.15) is 11.4 Å². The second-order valence-electron chi connectivity index (χ2n) is 3.78. The van der Waals surface area contributed by atoms with Gasteiger partial charge in [-0.25, -0.2) is 15.5 Å². The second kappa shape index (κ2) is 4.41. The molecule has 0 aromatic carbocycles. The van der Waals surface area contributed by atoms with Crippen molar-refractivity contribution in [3.63, 3.8) is 0 Å². The summed E-state index contributed by atoms with van der Waals surface area (Å²) in [4.78, 5) is 14.6. The monoisotopic (exact) mass is 248 g/mol. The van der Waals surface area contributed by atoms with E-state index in [1.807, 2.05) is 6.07 Å². The van der Waals surface area contributed by atoms with Crippen molar-refractivity contribution < 1.29 is 4.92 Å². The van der Waals surface area contributed by atoms with Gasteiger partial charge < -0.3 is 5.43 Å². The average Bonchev–Trinajstić information content (AvgIpc) is 2.67. The fraction of sp³-hybridized carbons (Fsp3) is 0.200. The number of aromatic nitrogens is 3. The van der Waals surface area contributed by atoms with Crippen molar-refractivity contribution in [1.82, 2.24) is 14.8 Å². The van der Waals surface area contributed by atoms with Gasteiger partial charge in [0.15, 0.2) is 0 Å². The highest BCUT2D eigenvalue weighted by Crippen LogP contribution is 2.23. The number of hydrazine groups is 1. The molecule has 2 heterocycles. The zero-order valence-corrected chi connectivity index (χ0v) is 9.91. The van der Waals surface area contributed by atoms with E-state index in [2.05, 4.69) is 15.5 Å². The highest BCUT2D eigenvalue weighted by Gasteiger charge is 2.19. The van der Waals surface area contributed by atoms with Gasteiger partial charge in [-0.3, -0.25) is 10.1 Å². The molecule has 0 radical (unpaired) electrons. The van der Waals surface area contributed by atoms with Gasteiger partial charge in [-0.1, -0.05) is 0 Å². The van der Waals surface area contributed by atoms with E-state index in [0.29, 0.717) is 5.82 Å². The van der Waals surface area contributed by atoms with E-state index in [-0.39, 0.29) is 11.5 Å². The Morgan fingerprint density at radius 3 is 2.67 bits per heavy atom. The van der Waals surface area contributed by atoms with Gasteiger partial charge in [0.25, 0.3) is 0 Å². The summed E-state index contributed by atoms with van der Waals surface area (Å²) in [7, 11) is 0. The number of nitrogens with zero attached hydrogens (tertiary/aromatic N) is 4. The summed E-state index contributed by atoms with van der Waals surface area (Å²) in [6.45, 7) is 3.61. The maximum atomic E-state index is 11.0. The van der Waals surface area contributed by atoms with E-state index >= 15 is 0 Å². The van der Waals surface area contributed by atoms with Gasteiger partial charge in [-0.15, -0.1) is 0 Å². The first-order valence-electron chi connectivity index (χ1n) is 5.18. The molecule has 0 saturated heterocycles. The van der Waals surface area contributed by atoms with E-state index in [0.717, 1.165) is 11.4 Å². The molecule has 2 aromatic heterocycles. The van der Waals surface area contributed by atoms with E-state index in [9.17, 15) is 10.1 Å². The number of hydrogen-bond donors (Lipinski definition) is 2. The van der Waals surface area contributed by atoms with E-state index in [4.69, 9.17) is 5.84 Å². The predicted molar refractivity (Wildman–Crippen MR) is 65.3 cm³/mol. The molecule has 8 nitrogen and oxygen atoms in total. The molecule has 0 aliphatic heterocycles. The van der Waals surface area contributed by atoms with Crippen molar-refractivity contribution in [2.24, 2.45) is 5.84 Å². The molecule has 0 saturated carbocycles. The molecule has 0 bridgehead atoms. The molecule has 0 aliphatic rings. The molecule has 0 atom stereocenters. The van der Waals surface area contributed by atoms with Crippen molar-refractivity contribution >= 4 is 11.5 Å². The van der Waals surface area contributed by atoms with Crippen LogP contribution >= 0.6 is 0 Å². The SMILES string of the molecule is Cc1cc(C)n(-c2nc(NN)ccc2[N+](=O)[O-])n1. The van der Waals surface area contributed by atoms with E-state index in [1.54, 1.807) is 13.8 Å². The van der Waals surface area contributed by atoms with Crippen LogP contribution in [0.3, 0.4) is 0 Å². The third kappa shape index (κ3) is 2.00. The van der Waals surface area contributed by atoms with Gasteiger partial charge >= 0.3 is 5.69 Å². The molecule has 0 spiro atoms. The lowest BCUT2D eigenvalue weighted by Crippen LogP contribution is -2.12. The minimum atomic E-state index is -0.501. The Balaban J connectivity index is 2.67. The lowest BCUT2D eigenvalue weighted by Gasteiger charge is -2.06. The fourth-order valence-electron chi connectivity index (χ4n) is 1.66. The highest BCUT2D eigenvalue weighted by molar-refractivity contribution is 5.53. The third-order valence-corrected chi connectivity index (χ3v) is 2.41. The smallest absolute Gasteiger partial charge is 0.308 e. The topological polar surface area (TPSA) is 112 Å². The number of nitro groups is 1. The van der Waals surface area contributed by atoms with Gasteiger partial charge in [0.05, 0.1) is 10.6 Å². The summed E-state index contributed by atoms with van der Waals surface area (Å²) < 4.78 is 1.42. The fourth-order valence-corrected chi connectivity index (χ4v) is 1.66. The Hall–Kier alpha value is -2.48. The largest absolute Gasteiger partial charge is 0.313 e. The summed E-state index contributed by atoms with van der Waals surface area (Å²) in [5, 5.41) is 15.2. The molecule has 3 N–H and O–H groups in total. The summed E-state index contributed by atoms with van der Waals surface area (Å²) in [5.41, 5.74) is 3.75. The van der Waals surface area contributed by atoms with Crippen LogP contribution in [0.5, 0.6) is 0 Å². The standard InChI is InChI=1S/C10H12N6O2/c1-6-5-7(2)15(14-6)10-8(16(17)18)3-4-9(12-10)13-11/h3-5H,11H2,1-2H3,(H,12,13). The Labute approximate surface area is 103 Å². The molecule has 0 aliphatic carbocycles. The Bertz CT molecular complexity index is 606. The summed E-state index contributed by atoms with van der Waals surface area (Å²) in [5.74, 6) is 5.73. The van der Waals surface area contributed by atoms with E-state index in [1.165, 1.54) is 16.8 Å². The van der Waals surface area contributed by atoms with Crippen LogP contribution in [0.25, 0.3) is 5.82 Å². The molecule has 18 heavy (non-hydrogen) atoms. The maximum absolute atomic E-state index is 11.0. The Kier molecular flexibility index (Phi) is 2.94. The quantitative estimate of drug-likeness (QED) is 0.477. The lowest BCUT2D eigenvalue weighted by molar-refractivity contribution is -0.384. The summed E-state index contributed by atoms with van der Waals surface area (Å²) in [6, 6.07) is 4.59. The van der Waals surface area contributed by atoms with Crippen molar-refractivity contribution in [3.05, 3.63) is 39.7 Å². The second-order valence-corrected chi connectivity index (χ2v) is 3.78. The van der Waals surface area contributed by atoms with E-state index < -0.39 is 4.92 Å². The van der Waals surface area contributed by atoms with Crippen LogP contribution in [0.2, 0.25) is 0 Å². The van der Waals surface area contributed by atoms with Gasteiger partial charge in [0, 0.05) is 11.8 Å². The molecular weight excluding hydrogens is 236 g/mol. The van der Waals surface area contributed by atoms with Crippen LogP contribution in [-0.2, 0) is 0 Å². The van der Waals surface area contributed by atoms with Gasteiger partial charge in [0.2, 0.25) is 5.82 Å². The minimum absolute atomic E-state index is 0.125. The van der Waals surface area contributed by atoms with Gasteiger partial charge in [0.1, 0.15) is 5.82 Å². The lowest BCUT2D eigenvalue weighted by atomic mass is 10.3. The number of nitrogens with one attached hydrogen (secondary N) is 1. The van der Waals surface area contributed by atoms with Crippen LogP contribution in [0, 0.1) is 24.0 Å². The van der Waals surface area contributed by atoms with Crippen LogP contribution in [0.4, 0.5) is 11.5 Å². The summed E-state index contributed by atoms with van der Waals surface area (Å²) >= 11 is 0. The highest BCUT2D eigenvalue weighted by atomic mass is 16.6. The first-order valence-corrected chi connectivity index (χ1v) is 5.18. The number of anilines is 1. The number of rotatable bonds is 3. The third-order valence-electron chi connectivity index (χ3n) is 2.41. The van der Waals surface area contributed by atoms with Crippen molar-refractivity contribution in [3.8, 4) is 5.82 Å². The summed E-state index contributed by atoms with van der Waals surface area (Å²) in [6.07, 6.45) is 0. The first-order chi connectivity index (χ1) is 8.52. The normalized spacial score (nSPS) is 10.4. The molecule has 0 amide bonds. The minimum Gasteiger partial charge on any atom is -0.308 e. The molecule has 8 heteroatoms. The number of nitrogens with two attached hydrogens (primary N) is 1. The zero-order valence-electron chi connectivity index (χ0n) is 9.91. The van der Waals surface area contributed by atoms with Crippen molar-refractivity contribution in [2.75, 3.05) is 5.43 Å². The van der Waals surface area contributed by atoms with Gasteiger partial charge in [-0.05, 0) is 26.0 Å². The van der Waals surface area contributed by atoms with Crippen LogP contribution < -0.4 is 11.3 Å². The average molecular weight is 248 g/mol. The number of nitrogen functional groups attached to an aromatic ring is 1. The number of hydrogen-bond acceptors (Lipinski definition) is 6. The zero-order chi connectivity index (χ0) is 13.3. The van der Waals surface area contributed by atoms with Crippen molar-refractivity contribution in [2.45, 2.75) is 13.8 Å². The van der Waals surface area contributed by atoms with Crippen molar-refractivity contribution in [1.29, 1.82) is 0 Å². The Morgan fingerprint density at radius 2 is 2.17 bits per heavy atom. The molecule has 2 rings (SSSR count). The van der Waals surface area contributed by atoms with Crippen LogP contribution in [0.15, 0.2) is 18.2 Å². The number of aryl methyl sites for hydroxylation is 2. The molecule has 0 unspecified atom stereocenters. The molecule has 94 valence electrons. The predicted octanol–water partition coefficient (Wildman–Crippen LogP) is 1.08. The molecular formula is C10H12N6O2.